The number of sulfonamides is 1. The summed E-state index contributed by atoms with van der Waals surface area (Å²) >= 11 is 9.01. The first-order valence-corrected chi connectivity index (χ1v) is 9.63. The van der Waals surface area contributed by atoms with Gasteiger partial charge in [-0.2, -0.15) is 0 Å². The lowest BCUT2D eigenvalue weighted by Gasteiger charge is -2.13. The largest absolute Gasteiger partial charge is 0.505 e. The number of rotatable bonds is 3. The fourth-order valence-corrected chi connectivity index (χ4v) is 4.04. The minimum Gasteiger partial charge on any atom is -0.505 e. The molecule has 2 aromatic rings. The molecule has 3 rings (SSSR count). The van der Waals surface area contributed by atoms with Crippen molar-refractivity contribution < 1.29 is 23.0 Å². The Morgan fingerprint density at radius 2 is 1.83 bits per heavy atom. The summed E-state index contributed by atoms with van der Waals surface area (Å²) in [6.07, 6.45) is 0.722. The van der Waals surface area contributed by atoms with Gasteiger partial charge in [-0.3, -0.25) is 4.72 Å². The van der Waals surface area contributed by atoms with Crippen LogP contribution >= 0.6 is 27.5 Å². The monoisotopic (exact) mass is 433 g/mol. The third-order valence-corrected chi connectivity index (χ3v) is 5.49. The lowest BCUT2D eigenvalue weighted by molar-refractivity contribution is 0.297. The molecule has 1 aliphatic rings. The van der Waals surface area contributed by atoms with Gasteiger partial charge in [0.05, 0.1) is 28.3 Å². The van der Waals surface area contributed by atoms with Gasteiger partial charge in [-0.1, -0.05) is 11.6 Å². The van der Waals surface area contributed by atoms with E-state index in [-0.39, 0.29) is 25.8 Å². The number of phenols is 1. The van der Waals surface area contributed by atoms with Crippen molar-refractivity contribution in [3.63, 3.8) is 0 Å². The van der Waals surface area contributed by atoms with Crippen LogP contribution in [0.2, 0.25) is 5.02 Å². The molecule has 0 aliphatic carbocycles. The number of halogens is 2. The molecule has 6 nitrogen and oxygen atoms in total. The molecule has 0 radical (unpaired) electrons. The first-order valence-electron chi connectivity index (χ1n) is 6.97. The van der Waals surface area contributed by atoms with Gasteiger partial charge in [0.2, 0.25) is 0 Å². The van der Waals surface area contributed by atoms with Gasteiger partial charge in [0, 0.05) is 17.5 Å². The van der Waals surface area contributed by atoms with Gasteiger partial charge in [-0.05, 0) is 40.2 Å². The first kappa shape index (κ1) is 17.2. The van der Waals surface area contributed by atoms with Crippen LogP contribution < -0.4 is 14.2 Å². The average Bonchev–Trinajstić information content (AvgIpc) is 2.76. The normalized spacial score (nSPS) is 14.1. The Hall–Kier alpha value is -1.64. The van der Waals surface area contributed by atoms with E-state index in [4.69, 9.17) is 21.1 Å². The standard InChI is InChI=1S/C15H13BrClNO5S/c16-11-6-9(17)7-12(15(11)19)18-24(20,21)10-2-3-13-14(8-10)23-5-1-4-22-13/h2-3,6-8,18-19H,1,4-5H2. The summed E-state index contributed by atoms with van der Waals surface area (Å²) in [5.74, 6) is 0.615. The molecule has 0 atom stereocenters. The average molecular weight is 435 g/mol. The van der Waals surface area contributed by atoms with Crippen LogP contribution in [0.4, 0.5) is 5.69 Å². The fourth-order valence-electron chi connectivity index (χ4n) is 2.16. The number of aromatic hydroxyl groups is 1. The van der Waals surface area contributed by atoms with Gasteiger partial charge in [-0.15, -0.1) is 0 Å². The number of fused-ring (bicyclic) bond motifs is 1. The Kier molecular flexibility index (Phi) is 4.80. The molecular weight excluding hydrogens is 422 g/mol. The van der Waals surface area contributed by atoms with Crippen molar-refractivity contribution in [3.05, 3.63) is 39.8 Å². The van der Waals surface area contributed by atoms with E-state index in [0.29, 0.717) is 24.7 Å². The van der Waals surface area contributed by atoms with E-state index >= 15 is 0 Å². The van der Waals surface area contributed by atoms with Gasteiger partial charge < -0.3 is 14.6 Å². The zero-order valence-electron chi connectivity index (χ0n) is 12.3. The molecular formula is C15H13BrClNO5S. The number of anilines is 1. The Morgan fingerprint density at radius 3 is 2.58 bits per heavy atom. The summed E-state index contributed by atoms with van der Waals surface area (Å²) in [5.41, 5.74) is -0.0264. The van der Waals surface area contributed by atoms with E-state index in [0.717, 1.165) is 6.42 Å². The topological polar surface area (TPSA) is 84.9 Å². The Labute approximate surface area is 152 Å². The van der Waals surface area contributed by atoms with Crippen molar-refractivity contribution in [1.82, 2.24) is 0 Å². The first-order chi connectivity index (χ1) is 11.4. The molecule has 2 N–H and O–H groups in total. The molecule has 2 aromatic carbocycles. The molecule has 0 unspecified atom stereocenters. The second kappa shape index (κ2) is 6.70. The highest BCUT2D eigenvalue weighted by molar-refractivity contribution is 9.10. The van der Waals surface area contributed by atoms with E-state index in [1.807, 2.05) is 0 Å². The number of hydrogen-bond acceptors (Lipinski definition) is 5. The molecule has 0 bridgehead atoms. The summed E-state index contributed by atoms with van der Waals surface area (Å²) in [6, 6.07) is 7.12. The molecule has 128 valence electrons. The maximum atomic E-state index is 12.6. The van der Waals surface area contributed by atoms with Crippen LogP contribution in [0.15, 0.2) is 39.7 Å². The summed E-state index contributed by atoms with van der Waals surface area (Å²) in [6.45, 7) is 0.966. The summed E-state index contributed by atoms with van der Waals surface area (Å²) in [7, 11) is -3.94. The van der Waals surface area contributed by atoms with Crippen LogP contribution in [0.25, 0.3) is 0 Å². The van der Waals surface area contributed by atoms with Gasteiger partial charge in [0.25, 0.3) is 10.0 Å². The van der Waals surface area contributed by atoms with Gasteiger partial charge in [0.15, 0.2) is 17.2 Å². The number of phenolic OH excluding ortho intramolecular Hbond substituents is 1. The molecule has 9 heteroatoms. The minimum atomic E-state index is -3.94. The van der Waals surface area contributed by atoms with Crippen LogP contribution in [0.3, 0.4) is 0 Å². The minimum absolute atomic E-state index is 0.0118. The number of nitrogens with one attached hydrogen (secondary N) is 1. The van der Waals surface area contributed by atoms with E-state index < -0.39 is 10.0 Å². The molecule has 0 fully saturated rings. The molecule has 0 aromatic heterocycles. The van der Waals surface area contributed by atoms with Gasteiger partial charge in [0.1, 0.15) is 0 Å². The van der Waals surface area contributed by atoms with Crippen LogP contribution in [-0.4, -0.2) is 26.7 Å². The van der Waals surface area contributed by atoms with E-state index in [1.165, 1.54) is 24.3 Å². The Balaban J connectivity index is 1.95. The predicted octanol–water partition coefficient (Wildman–Crippen LogP) is 3.77. The zero-order valence-corrected chi connectivity index (χ0v) is 15.4. The Morgan fingerprint density at radius 1 is 1.12 bits per heavy atom. The second-order valence-corrected chi connectivity index (χ2v) is 8.02. The molecule has 1 heterocycles. The summed E-state index contributed by atoms with van der Waals surface area (Å²) in [4.78, 5) is -0.0118. The lowest BCUT2D eigenvalue weighted by Crippen LogP contribution is -2.13. The highest BCUT2D eigenvalue weighted by Gasteiger charge is 2.21. The van der Waals surface area contributed by atoms with Crippen molar-refractivity contribution in [2.75, 3.05) is 17.9 Å². The summed E-state index contributed by atoms with van der Waals surface area (Å²) in [5, 5.41) is 10.3. The highest BCUT2D eigenvalue weighted by Crippen LogP contribution is 2.37. The zero-order chi connectivity index (χ0) is 17.3. The summed E-state index contributed by atoms with van der Waals surface area (Å²) < 4.78 is 38.7. The van der Waals surface area contributed by atoms with Crippen LogP contribution in [-0.2, 0) is 10.0 Å². The molecule has 0 amide bonds. The number of benzene rings is 2. The highest BCUT2D eigenvalue weighted by atomic mass is 79.9. The maximum absolute atomic E-state index is 12.6. The van der Waals surface area contributed by atoms with Crippen LogP contribution in [0.1, 0.15) is 6.42 Å². The molecule has 24 heavy (non-hydrogen) atoms. The molecule has 0 saturated carbocycles. The Bertz CT molecular complexity index is 888. The van der Waals surface area contributed by atoms with Crippen molar-refractivity contribution in [2.45, 2.75) is 11.3 Å². The molecule has 1 aliphatic heterocycles. The SMILES string of the molecule is O=S(=O)(Nc1cc(Cl)cc(Br)c1O)c1ccc2c(c1)OCCCO2. The lowest BCUT2D eigenvalue weighted by atomic mass is 10.3. The van der Waals surface area contributed by atoms with E-state index in [2.05, 4.69) is 20.7 Å². The van der Waals surface area contributed by atoms with Crippen LogP contribution in [0, 0.1) is 0 Å². The quantitative estimate of drug-likeness (QED) is 0.718. The van der Waals surface area contributed by atoms with Gasteiger partial charge in [-0.25, -0.2) is 8.42 Å². The van der Waals surface area contributed by atoms with Crippen molar-refractivity contribution >= 4 is 43.2 Å². The maximum Gasteiger partial charge on any atom is 0.262 e. The third-order valence-electron chi connectivity index (χ3n) is 3.30. The fraction of sp³-hybridized carbons (Fsp3) is 0.200. The van der Waals surface area contributed by atoms with Crippen molar-refractivity contribution in [3.8, 4) is 17.2 Å². The van der Waals surface area contributed by atoms with E-state index in [1.54, 1.807) is 6.07 Å². The smallest absolute Gasteiger partial charge is 0.262 e. The number of ether oxygens (including phenoxy) is 2. The second-order valence-electron chi connectivity index (χ2n) is 5.05. The third kappa shape index (κ3) is 3.55. The van der Waals surface area contributed by atoms with Crippen molar-refractivity contribution in [2.24, 2.45) is 0 Å². The molecule has 0 saturated heterocycles. The van der Waals surface area contributed by atoms with E-state index in [9.17, 15) is 13.5 Å². The van der Waals surface area contributed by atoms with Gasteiger partial charge >= 0.3 is 0 Å². The number of hydrogen-bond donors (Lipinski definition) is 2. The molecule has 0 spiro atoms. The van der Waals surface area contributed by atoms with Crippen molar-refractivity contribution in [1.29, 1.82) is 0 Å². The predicted molar refractivity (Wildman–Crippen MR) is 93.7 cm³/mol. The van der Waals surface area contributed by atoms with Crippen LogP contribution in [0.5, 0.6) is 17.2 Å².